The number of aromatic nitrogens is 1. The van der Waals surface area contributed by atoms with Crippen LogP contribution < -0.4 is 5.32 Å². The number of carbonyl (C=O) groups is 2. The van der Waals surface area contributed by atoms with Gasteiger partial charge in [0.15, 0.2) is 0 Å². The van der Waals surface area contributed by atoms with E-state index in [2.05, 4.69) is 10.3 Å². The van der Waals surface area contributed by atoms with Crippen LogP contribution in [0.2, 0.25) is 0 Å². The van der Waals surface area contributed by atoms with Crippen LogP contribution in [-0.2, 0) is 15.6 Å². The van der Waals surface area contributed by atoms with Gasteiger partial charge < -0.3 is 15.2 Å². The molecule has 0 radical (unpaired) electrons. The van der Waals surface area contributed by atoms with Crippen LogP contribution in [0.25, 0.3) is 10.9 Å². The monoisotopic (exact) mass is 345 g/mol. The lowest BCUT2D eigenvalue weighted by atomic mass is 10.1. The highest BCUT2D eigenvalue weighted by molar-refractivity contribution is 7.86. The molecule has 2 amide bonds. The zero-order valence-corrected chi connectivity index (χ0v) is 14.0. The smallest absolute Gasteiger partial charge is 0.253 e. The molecule has 24 heavy (non-hydrogen) atoms. The van der Waals surface area contributed by atoms with E-state index in [4.69, 9.17) is 0 Å². The van der Waals surface area contributed by atoms with Gasteiger partial charge in [0.25, 0.3) is 5.91 Å². The van der Waals surface area contributed by atoms with Gasteiger partial charge >= 0.3 is 0 Å². The van der Waals surface area contributed by atoms with Crippen molar-refractivity contribution in [3.05, 3.63) is 36.0 Å². The average Bonchev–Trinajstić information content (AvgIpc) is 3.27. The van der Waals surface area contributed by atoms with Crippen molar-refractivity contribution < 1.29 is 13.8 Å². The predicted molar refractivity (Wildman–Crippen MR) is 92.2 cm³/mol. The minimum absolute atomic E-state index is 0.0402. The van der Waals surface area contributed by atoms with E-state index in [1.165, 1.54) is 0 Å². The first-order valence-electron chi connectivity index (χ1n) is 8.14. The summed E-state index contributed by atoms with van der Waals surface area (Å²) in [7, 11) is -0.762. The Morgan fingerprint density at radius 2 is 2.17 bits per heavy atom. The lowest BCUT2D eigenvalue weighted by Gasteiger charge is -2.26. The van der Waals surface area contributed by atoms with Gasteiger partial charge in [0.1, 0.15) is 0 Å². The van der Waals surface area contributed by atoms with Gasteiger partial charge in [-0.1, -0.05) is 18.2 Å². The molecule has 4 rings (SSSR count). The minimum Gasteiger partial charge on any atom is -0.360 e. The number of para-hydroxylation sites is 1. The molecular formula is C17H19N3O3S. The van der Waals surface area contributed by atoms with Crippen LogP contribution in [0.1, 0.15) is 23.2 Å². The summed E-state index contributed by atoms with van der Waals surface area (Å²) in [5.74, 6) is 0.473. The lowest BCUT2D eigenvalue weighted by molar-refractivity contribution is -0.131. The fourth-order valence-corrected chi connectivity index (χ4v) is 5.37. The number of aromatic amines is 1. The van der Waals surface area contributed by atoms with E-state index in [-0.39, 0.29) is 29.5 Å². The molecule has 0 saturated carbocycles. The summed E-state index contributed by atoms with van der Waals surface area (Å²) in [5.41, 5.74) is 1.51. The number of nitrogens with one attached hydrogen (secondary N) is 2. The second kappa shape index (κ2) is 6.05. The van der Waals surface area contributed by atoms with E-state index in [0.29, 0.717) is 24.4 Å². The summed E-state index contributed by atoms with van der Waals surface area (Å²) in [6, 6.07) is 7.75. The van der Waals surface area contributed by atoms with Gasteiger partial charge in [-0.3, -0.25) is 13.8 Å². The number of carbonyl (C=O) groups excluding carboxylic acids is 2. The van der Waals surface area contributed by atoms with Gasteiger partial charge in [-0.15, -0.1) is 0 Å². The van der Waals surface area contributed by atoms with Crippen molar-refractivity contribution in [1.29, 1.82) is 0 Å². The molecule has 7 heteroatoms. The standard InChI is InChI=1S/C17H19N3O3S/c21-16(20-9-12-7-11(20)10-24(12)23)5-6-18-17(22)14-8-19-15-4-2-1-3-13(14)15/h1-4,8,11-12,19H,5-7,9-10H2,(H,18,22)/t11-,12-,24?/m0/s1. The van der Waals surface area contributed by atoms with Gasteiger partial charge in [-0.05, 0) is 12.5 Å². The van der Waals surface area contributed by atoms with Crippen molar-refractivity contribution in [2.75, 3.05) is 18.8 Å². The second-order valence-electron chi connectivity index (χ2n) is 6.36. The zero-order chi connectivity index (χ0) is 16.7. The molecule has 2 saturated heterocycles. The Morgan fingerprint density at radius 3 is 2.92 bits per heavy atom. The molecule has 1 aromatic carbocycles. The van der Waals surface area contributed by atoms with Crippen molar-refractivity contribution >= 4 is 33.5 Å². The first kappa shape index (κ1) is 15.4. The quantitative estimate of drug-likeness (QED) is 0.868. The van der Waals surface area contributed by atoms with Gasteiger partial charge in [-0.25, -0.2) is 0 Å². The molecule has 3 atom stereocenters. The van der Waals surface area contributed by atoms with Crippen LogP contribution in [0.5, 0.6) is 0 Å². The van der Waals surface area contributed by atoms with Crippen molar-refractivity contribution in [1.82, 2.24) is 15.2 Å². The molecule has 0 spiro atoms. The molecule has 6 nitrogen and oxygen atoms in total. The van der Waals surface area contributed by atoms with E-state index in [1.54, 1.807) is 6.20 Å². The maximum absolute atomic E-state index is 12.3. The molecule has 1 aromatic heterocycles. The average molecular weight is 345 g/mol. The Kier molecular flexibility index (Phi) is 3.88. The molecule has 2 N–H and O–H groups in total. The van der Waals surface area contributed by atoms with E-state index in [0.717, 1.165) is 17.3 Å². The van der Waals surface area contributed by atoms with Crippen molar-refractivity contribution in [3.63, 3.8) is 0 Å². The van der Waals surface area contributed by atoms with Gasteiger partial charge in [-0.2, -0.15) is 0 Å². The molecule has 2 aromatic rings. The maximum Gasteiger partial charge on any atom is 0.253 e. The van der Waals surface area contributed by atoms with Crippen molar-refractivity contribution in [2.45, 2.75) is 24.1 Å². The van der Waals surface area contributed by atoms with E-state index >= 15 is 0 Å². The summed E-state index contributed by atoms with van der Waals surface area (Å²) in [5, 5.41) is 3.85. The summed E-state index contributed by atoms with van der Waals surface area (Å²) in [4.78, 5) is 29.5. The van der Waals surface area contributed by atoms with Crippen LogP contribution in [0.4, 0.5) is 0 Å². The summed E-state index contributed by atoms with van der Waals surface area (Å²) >= 11 is 0. The summed E-state index contributed by atoms with van der Waals surface area (Å²) in [6.45, 7) is 0.917. The molecule has 2 aliphatic heterocycles. The maximum atomic E-state index is 12.3. The largest absolute Gasteiger partial charge is 0.360 e. The number of rotatable bonds is 4. The van der Waals surface area contributed by atoms with Crippen LogP contribution in [0, 0.1) is 0 Å². The highest BCUT2D eigenvalue weighted by Crippen LogP contribution is 2.30. The SMILES string of the molecule is O=C(NCCC(=O)N1C[C@@H]2C[C@H]1CS2=O)c1c[nH]c2ccccc12. The number of H-pyrrole nitrogens is 1. The number of likely N-dealkylation sites (tertiary alicyclic amines) is 1. The van der Waals surface area contributed by atoms with Crippen LogP contribution >= 0.6 is 0 Å². The first-order valence-corrected chi connectivity index (χ1v) is 9.52. The predicted octanol–water partition coefficient (Wildman–Crippen LogP) is 1.02. The normalized spacial score (nSPS) is 25.3. The fraction of sp³-hybridized carbons (Fsp3) is 0.412. The fourth-order valence-electron chi connectivity index (χ4n) is 3.63. The Hall–Kier alpha value is -2.15. The molecule has 2 bridgehead atoms. The number of benzene rings is 1. The third-order valence-electron chi connectivity index (χ3n) is 4.88. The highest BCUT2D eigenvalue weighted by atomic mass is 32.2. The number of fused-ring (bicyclic) bond motifs is 3. The number of amides is 2. The molecular weight excluding hydrogens is 326 g/mol. The number of hydrogen-bond acceptors (Lipinski definition) is 3. The Bertz CT molecular complexity index is 831. The third kappa shape index (κ3) is 2.62. The zero-order valence-electron chi connectivity index (χ0n) is 13.2. The van der Waals surface area contributed by atoms with Crippen LogP contribution in [-0.4, -0.2) is 56.0 Å². The molecule has 2 fully saturated rings. The topological polar surface area (TPSA) is 82.3 Å². The van der Waals surface area contributed by atoms with E-state index in [9.17, 15) is 13.8 Å². The Labute approximate surface area is 142 Å². The highest BCUT2D eigenvalue weighted by Gasteiger charge is 2.44. The molecule has 1 unspecified atom stereocenters. The minimum atomic E-state index is -0.762. The van der Waals surface area contributed by atoms with Crippen molar-refractivity contribution in [3.8, 4) is 0 Å². The molecule has 0 aliphatic carbocycles. The van der Waals surface area contributed by atoms with Gasteiger partial charge in [0.2, 0.25) is 5.91 Å². The Balaban J connectivity index is 1.32. The second-order valence-corrected chi connectivity index (χ2v) is 8.12. The van der Waals surface area contributed by atoms with Gasteiger partial charge in [0, 0.05) is 59.2 Å². The lowest BCUT2D eigenvalue weighted by Crippen LogP contribution is -2.43. The molecule has 3 heterocycles. The van der Waals surface area contributed by atoms with Crippen LogP contribution in [0.3, 0.4) is 0 Å². The van der Waals surface area contributed by atoms with E-state index < -0.39 is 10.8 Å². The number of nitrogens with zero attached hydrogens (tertiary/aromatic N) is 1. The van der Waals surface area contributed by atoms with Crippen LogP contribution in [0.15, 0.2) is 30.5 Å². The van der Waals surface area contributed by atoms with E-state index in [1.807, 2.05) is 29.2 Å². The third-order valence-corrected chi connectivity index (χ3v) is 6.68. The summed E-state index contributed by atoms with van der Waals surface area (Å²) < 4.78 is 11.7. The van der Waals surface area contributed by atoms with Gasteiger partial charge in [0.05, 0.1) is 10.8 Å². The van der Waals surface area contributed by atoms with Crippen molar-refractivity contribution in [2.24, 2.45) is 0 Å². The molecule has 126 valence electrons. The Morgan fingerprint density at radius 1 is 1.33 bits per heavy atom. The first-order chi connectivity index (χ1) is 11.6. The number of hydrogen-bond donors (Lipinski definition) is 2. The summed E-state index contributed by atoms with van der Waals surface area (Å²) in [6.07, 6.45) is 2.83. The molecule has 2 aliphatic rings.